The van der Waals surface area contributed by atoms with Gasteiger partial charge >= 0.3 is 0 Å². The van der Waals surface area contributed by atoms with E-state index in [-0.39, 0.29) is 5.75 Å². The first-order chi connectivity index (χ1) is 17.3. The molecule has 0 aliphatic carbocycles. The maximum Gasteiger partial charge on any atom is 0.215 e. The highest BCUT2D eigenvalue weighted by molar-refractivity contribution is 7.88. The van der Waals surface area contributed by atoms with Gasteiger partial charge in [-0.05, 0) is 53.8 Å². The Bertz CT molecular complexity index is 1270. The molecule has 3 aromatic rings. The largest absolute Gasteiger partial charge is 0.493 e. The Morgan fingerprint density at radius 3 is 2.39 bits per heavy atom. The third-order valence-corrected chi connectivity index (χ3v) is 7.93. The molecule has 1 heterocycles. The number of aliphatic hydroxyl groups is 1. The summed E-state index contributed by atoms with van der Waals surface area (Å²) in [5.74, 6) is 1.94. The molecule has 1 fully saturated rings. The van der Waals surface area contributed by atoms with Crippen molar-refractivity contribution in [3.8, 4) is 17.2 Å². The molecule has 1 aliphatic heterocycles. The van der Waals surface area contributed by atoms with Gasteiger partial charge in [-0.2, -0.15) is 0 Å². The summed E-state index contributed by atoms with van der Waals surface area (Å²) >= 11 is 0. The molecule has 0 amide bonds. The predicted octanol–water partition coefficient (Wildman–Crippen LogP) is 4.41. The Labute approximate surface area is 213 Å². The van der Waals surface area contributed by atoms with Crippen molar-refractivity contribution in [1.82, 2.24) is 9.62 Å². The van der Waals surface area contributed by atoms with Gasteiger partial charge in [0.2, 0.25) is 10.0 Å². The molecule has 0 bridgehead atoms. The van der Waals surface area contributed by atoms with Crippen LogP contribution in [0.2, 0.25) is 0 Å². The van der Waals surface area contributed by atoms with Crippen LogP contribution in [0.3, 0.4) is 0 Å². The second-order valence-corrected chi connectivity index (χ2v) is 10.9. The first kappa shape index (κ1) is 26.2. The van der Waals surface area contributed by atoms with E-state index in [1.807, 2.05) is 60.7 Å². The summed E-state index contributed by atoms with van der Waals surface area (Å²) in [4.78, 5) is 2.30. The summed E-state index contributed by atoms with van der Waals surface area (Å²) in [5, 5.41) is 11.5. The molecule has 7 nitrogen and oxygen atoms in total. The number of piperidine rings is 1. The minimum Gasteiger partial charge on any atom is -0.493 e. The summed E-state index contributed by atoms with van der Waals surface area (Å²) in [6.45, 7) is 4.22. The average molecular weight is 511 g/mol. The molecular formula is C28H34N2O5S. The number of nitrogens with one attached hydrogen (secondary N) is 1. The van der Waals surface area contributed by atoms with E-state index in [1.165, 1.54) is 0 Å². The van der Waals surface area contributed by atoms with Crippen molar-refractivity contribution in [2.75, 3.05) is 26.7 Å². The summed E-state index contributed by atoms with van der Waals surface area (Å²) in [6, 6.07) is 22.8. The monoisotopic (exact) mass is 510 g/mol. The van der Waals surface area contributed by atoms with E-state index < -0.39 is 15.6 Å². The van der Waals surface area contributed by atoms with Crippen LogP contribution in [0.5, 0.6) is 17.2 Å². The molecule has 4 rings (SSSR count). The lowest BCUT2D eigenvalue weighted by Gasteiger charge is -2.39. The molecule has 192 valence electrons. The van der Waals surface area contributed by atoms with Gasteiger partial charge in [0.05, 0.1) is 18.5 Å². The smallest absolute Gasteiger partial charge is 0.215 e. The van der Waals surface area contributed by atoms with Crippen molar-refractivity contribution in [2.24, 2.45) is 0 Å². The van der Waals surface area contributed by atoms with Gasteiger partial charge in [-0.1, -0.05) is 55.5 Å². The number of methoxy groups -OCH3 is 1. The molecule has 2 N–H and O–H groups in total. The Hall–Kier alpha value is -2.91. The normalized spacial score (nSPS) is 16.0. The van der Waals surface area contributed by atoms with Gasteiger partial charge in [-0.25, -0.2) is 13.1 Å². The van der Waals surface area contributed by atoms with Gasteiger partial charge in [0, 0.05) is 26.2 Å². The Balaban J connectivity index is 1.41. The van der Waals surface area contributed by atoms with Crippen molar-refractivity contribution in [3.63, 3.8) is 0 Å². The van der Waals surface area contributed by atoms with Crippen LogP contribution in [0.1, 0.15) is 36.5 Å². The van der Waals surface area contributed by atoms with E-state index in [4.69, 9.17) is 9.47 Å². The highest BCUT2D eigenvalue weighted by Gasteiger charge is 2.36. The third-order valence-electron chi connectivity index (χ3n) is 6.51. The zero-order valence-electron chi connectivity index (χ0n) is 20.8. The molecule has 0 aromatic heterocycles. The van der Waals surface area contributed by atoms with E-state index in [0.717, 1.165) is 17.9 Å². The standard InChI is InChI=1S/C28H34N2O5S/c1-3-29-36(32,33)21-23-10-4-5-12-25(23)28(31)15-17-30(18-16-28)20-22-9-8-11-24(19-22)35-27-14-7-6-13-26(27)34-2/h4-14,19,29,31H,3,15-18,20-21H2,1-2H3. The molecule has 0 radical (unpaired) electrons. The van der Waals surface area contributed by atoms with Crippen LogP contribution in [0.15, 0.2) is 72.8 Å². The van der Waals surface area contributed by atoms with Gasteiger partial charge in [-0.15, -0.1) is 0 Å². The molecule has 0 atom stereocenters. The molecule has 8 heteroatoms. The lowest BCUT2D eigenvalue weighted by Crippen LogP contribution is -2.42. The number of ether oxygens (including phenoxy) is 2. The predicted molar refractivity (Wildman–Crippen MR) is 141 cm³/mol. The lowest BCUT2D eigenvalue weighted by atomic mass is 9.82. The van der Waals surface area contributed by atoms with Crippen molar-refractivity contribution < 1.29 is 23.0 Å². The van der Waals surface area contributed by atoms with Gasteiger partial charge in [0.25, 0.3) is 0 Å². The summed E-state index contributed by atoms with van der Waals surface area (Å²) < 4.78 is 38.7. The molecule has 0 saturated carbocycles. The summed E-state index contributed by atoms with van der Waals surface area (Å²) in [5.41, 5.74) is 1.42. The first-order valence-electron chi connectivity index (χ1n) is 12.2. The van der Waals surface area contributed by atoms with E-state index in [9.17, 15) is 13.5 Å². The number of likely N-dealkylation sites (tertiary alicyclic amines) is 1. The first-order valence-corrected chi connectivity index (χ1v) is 13.9. The summed E-state index contributed by atoms with van der Waals surface area (Å²) in [7, 11) is -1.83. The van der Waals surface area contributed by atoms with Crippen LogP contribution in [-0.4, -0.2) is 45.2 Å². The van der Waals surface area contributed by atoms with Gasteiger partial charge in [0.1, 0.15) is 5.75 Å². The molecular weight excluding hydrogens is 476 g/mol. The number of benzene rings is 3. The van der Waals surface area contributed by atoms with E-state index >= 15 is 0 Å². The number of sulfonamides is 1. The maximum absolute atomic E-state index is 12.4. The zero-order valence-corrected chi connectivity index (χ0v) is 21.6. The molecule has 0 spiro atoms. The Morgan fingerprint density at radius 2 is 1.67 bits per heavy atom. The number of para-hydroxylation sites is 2. The van der Waals surface area contributed by atoms with Gasteiger partial charge < -0.3 is 14.6 Å². The van der Waals surface area contributed by atoms with Crippen molar-refractivity contribution in [1.29, 1.82) is 0 Å². The number of hydrogen-bond donors (Lipinski definition) is 2. The SMILES string of the molecule is CCNS(=O)(=O)Cc1ccccc1C1(O)CCN(Cc2cccc(Oc3ccccc3OC)c2)CC1. The minimum atomic E-state index is -3.45. The van der Waals surface area contributed by atoms with Crippen LogP contribution in [-0.2, 0) is 27.9 Å². The van der Waals surface area contributed by atoms with Gasteiger partial charge in [-0.3, -0.25) is 4.90 Å². The second kappa shape index (κ2) is 11.4. The molecule has 36 heavy (non-hydrogen) atoms. The van der Waals surface area contributed by atoms with E-state index in [0.29, 0.717) is 55.1 Å². The number of hydrogen-bond acceptors (Lipinski definition) is 6. The topological polar surface area (TPSA) is 88.1 Å². The maximum atomic E-state index is 12.4. The molecule has 1 aliphatic rings. The quantitative estimate of drug-likeness (QED) is 0.420. The van der Waals surface area contributed by atoms with Crippen LogP contribution < -0.4 is 14.2 Å². The van der Waals surface area contributed by atoms with E-state index in [1.54, 1.807) is 20.1 Å². The fourth-order valence-electron chi connectivity index (χ4n) is 4.72. The van der Waals surface area contributed by atoms with E-state index in [2.05, 4.69) is 15.7 Å². The van der Waals surface area contributed by atoms with Crippen LogP contribution >= 0.6 is 0 Å². The minimum absolute atomic E-state index is 0.137. The molecule has 3 aromatic carbocycles. The number of nitrogens with zero attached hydrogens (tertiary/aromatic N) is 1. The molecule has 0 unspecified atom stereocenters. The van der Waals surface area contributed by atoms with Crippen molar-refractivity contribution >= 4 is 10.0 Å². The number of rotatable bonds is 10. The van der Waals surface area contributed by atoms with Gasteiger partial charge in [0.15, 0.2) is 11.5 Å². The highest BCUT2D eigenvalue weighted by atomic mass is 32.2. The highest BCUT2D eigenvalue weighted by Crippen LogP contribution is 2.36. The Morgan fingerprint density at radius 1 is 0.972 bits per heavy atom. The van der Waals surface area contributed by atoms with Crippen LogP contribution in [0, 0.1) is 0 Å². The average Bonchev–Trinajstić information content (AvgIpc) is 2.86. The summed E-state index contributed by atoms with van der Waals surface area (Å²) in [6.07, 6.45) is 1.06. The third kappa shape index (κ3) is 6.44. The van der Waals surface area contributed by atoms with Crippen LogP contribution in [0.25, 0.3) is 0 Å². The van der Waals surface area contributed by atoms with Crippen LogP contribution in [0.4, 0.5) is 0 Å². The molecule has 1 saturated heterocycles. The second-order valence-electron chi connectivity index (χ2n) is 9.12. The Kier molecular flexibility index (Phi) is 8.31. The lowest BCUT2D eigenvalue weighted by molar-refractivity contribution is -0.0282. The zero-order chi connectivity index (χ0) is 25.6. The van der Waals surface area contributed by atoms with Crippen molar-refractivity contribution in [2.45, 2.75) is 37.7 Å². The van der Waals surface area contributed by atoms with Crippen molar-refractivity contribution in [3.05, 3.63) is 89.5 Å². The fraction of sp³-hybridized carbons (Fsp3) is 0.357. The fourth-order valence-corrected chi connectivity index (χ4v) is 5.92.